The minimum absolute atomic E-state index is 0.262. The third-order valence-corrected chi connectivity index (χ3v) is 5.24. The Bertz CT molecular complexity index is 808. The van der Waals surface area contributed by atoms with Crippen LogP contribution in [0.15, 0.2) is 88.7 Å². The number of ether oxygens (including phenoxy) is 1. The van der Waals surface area contributed by atoms with Gasteiger partial charge in [0.05, 0.1) is 17.9 Å². The molecule has 0 aliphatic carbocycles. The molecule has 3 aromatic rings. The molecule has 1 aliphatic heterocycles. The van der Waals surface area contributed by atoms with Gasteiger partial charge in [0, 0.05) is 9.79 Å². The van der Waals surface area contributed by atoms with Crippen LogP contribution in [0.1, 0.15) is 0 Å². The summed E-state index contributed by atoms with van der Waals surface area (Å²) < 4.78 is 5.70. The number of nitrogens with zero attached hydrogens (tertiary/aromatic N) is 1. The molecule has 0 aromatic heterocycles. The van der Waals surface area contributed by atoms with Crippen molar-refractivity contribution in [3.05, 3.63) is 78.9 Å². The van der Waals surface area contributed by atoms with Crippen LogP contribution in [-0.4, -0.2) is 24.4 Å². The van der Waals surface area contributed by atoms with Gasteiger partial charge in [-0.1, -0.05) is 54.2 Å². The Hall–Kier alpha value is -2.43. The molecular weight excluding hydrogens is 330 g/mol. The van der Waals surface area contributed by atoms with E-state index in [0.717, 1.165) is 17.1 Å². The van der Waals surface area contributed by atoms with Gasteiger partial charge in [-0.2, -0.15) is 0 Å². The van der Waals surface area contributed by atoms with Crippen molar-refractivity contribution in [3.8, 4) is 5.75 Å². The molecule has 1 heterocycles. The number of anilines is 2. The highest BCUT2D eigenvalue weighted by molar-refractivity contribution is 7.99. The third-order valence-electron chi connectivity index (χ3n) is 4.11. The second-order valence-corrected chi connectivity index (χ2v) is 7.01. The van der Waals surface area contributed by atoms with Crippen molar-refractivity contribution in [2.24, 2.45) is 0 Å². The first-order valence-corrected chi connectivity index (χ1v) is 9.12. The summed E-state index contributed by atoms with van der Waals surface area (Å²) in [7, 11) is 0. The van der Waals surface area contributed by atoms with Crippen molar-refractivity contribution < 1.29 is 9.84 Å². The van der Waals surface area contributed by atoms with Gasteiger partial charge in [-0.3, -0.25) is 0 Å². The van der Waals surface area contributed by atoms with Crippen molar-refractivity contribution in [3.63, 3.8) is 0 Å². The quantitative estimate of drug-likeness (QED) is 0.722. The van der Waals surface area contributed by atoms with E-state index in [9.17, 15) is 5.11 Å². The second kappa shape index (κ2) is 7.21. The normalized spacial score (nSPS) is 13.7. The van der Waals surface area contributed by atoms with E-state index < -0.39 is 6.10 Å². The molecule has 1 N–H and O–H groups in total. The molecule has 0 amide bonds. The lowest BCUT2D eigenvalue weighted by Crippen LogP contribution is -2.34. The lowest BCUT2D eigenvalue weighted by atomic mass is 10.2. The van der Waals surface area contributed by atoms with Crippen LogP contribution in [-0.2, 0) is 0 Å². The highest BCUT2D eigenvalue weighted by Gasteiger charge is 2.24. The first kappa shape index (κ1) is 16.1. The molecule has 3 aromatic carbocycles. The van der Waals surface area contributed by atoms with Crippen LogP contribution in [0, 0.1) is 0 Å². The van der Waals surface area contributed by atoms with E-state index in [2.05, 4.69) is 29.2 Å². The zero-order valence-electron chi connectivity index (χ0n) is 13.7. The molecule has 25 heavy (non-hydrogen) atoms. The summed E-state index contributed by atoms with van der Waals surface area (Å²) in [6.07, 6.45) is -0.593. The molecule has 0 saturated carbocycles. The van der Waals surface area contributed by atoms with E-state index in [1.165, 1.54) is 9.79 Å². The van der Waals surface area contributed by atoms with Crippen LogP contribution in [0.3, 0.4) is 0 Å². The maximum absolute atomic E-state index is 10.5. The molecule has 0 fully saturated rings. The Morgan fingerprint density at radius 3 is 2.00 bits per heavy atom. The predicted octanol–water partition coefficient (Wildman–Crippen LogP) is 4.73. The molecule has 0 saturated heterocycles. The van der Waals surface area contributed by atoms with Crippen molar-refractivity contribution >= 4 is 23.1 Å². The van der Waals surface area contributed by atoms with Crippen LogP contribution in [0.2, 0.25) is 0 Å². The summed E-state index contributed by atoms with van der Waals surface area (Å²) in [5.41, 5.74) is 2.26. The van der Waals surface area contributed by atoms with E-state index in [1.807, 2.05) is 54.6 Å². The smallest absolute Gasteiger partial charge is 0.119 e. The summed E-state index contributed by atoms with van der Waals surface area (Å²) in [4.78, 5) is 4.59. The maximum Gasteiger partial charge on any atom is 0.119 e. The second-order valence-electron chi connectivity index (χ2n) is 5.93. The number of β-amino-alcohol motifs (C(OH)–C–C–N with tert-alkyl or cyclic N) is 1. The number of aliphatic hydroxyl groups is 1. The number of aliphatic hydroxyl groups excluding tert-OH is 1. The van der Waals surface area contributed by atoms with Crippen LogP contribution < -0.4 is 9.64 Å². The molecule has 3 nitrogen and oxygen atoms in total. The van der Waals surface area contributed by atoms with E-state index >= 15 is 0 Å². The number of fused-ring (bicyclic) bond motifs is 2. The van der Waals surface area contributed by atoms with E-state index in [1.54, 1.807) is 11.8 Å². The zero-order chi connectivity index (χ0) is 17.1. The number of para-hydroxylation sites is 3. The van der Waals surface area contributed by atoms with Gasteiger partial charge in [0.2, 0.25) is 0 Å². The molecule has 1 aliphatic rings. The Labute approximate surface area is 151 Å². The molecule has 0 radical (unpaired) electrons. The monoisotopic (exact) mass is 349 g/mol. The van der Waals surface area contributed by atoms with E-state index in [-0.39, 0.29) is 6.61 Å². The van der Waals surface area contributed by atoms with Gasteiger partial charge in [-0.05, 0) is 36.4 Å². The third kappa shape index (κ3) is 3.50. The van der Waals surface area contributed by atoms with Crippen molar-refractivity contribution in [1.29, 1.82) is 0 Å². The fourth-order valence-electron chi connectivity index (χ4n) is 2.95. The molecular formula is C21H19NO2S. The van der Waals surface area contributed by atoms with Crippen molar-refractivity contribution in [1.82, 2.24) is 0 Å². The van der Waals surface area contributed by atoms with Gasteiger partial charge in [-0.15, -0.1) is 0 Å². The summed E-state index contributed by atoms with van der Waals surface area (Å²) in [6, 6.07) is 26.2. The number of hydrogen-bond acceptors (Lipinski definition) is 4. The molecule has 4 heteroatoms. The first-order valence-electron chi connectivity index (χ1n) is 8.30. The summed E-state index contributed by atoms with van der Waals surface area (Å²) >= 11 is 1.77. The minimum atomic E-state index is -0.593. The average Bonchev–Trinajstić information content (AvgIpc) is 2.67. The van der Waals surface area contributed by atoms with Crippen LogP contribution in [0.5, 0.6) is 5.75 Å². The summed E-state index contributed by atoms with van der Waals surface area (Å²) in [5.74, 6) is 0.775. The Kier molecular flexibility index (Phi) is 4.63. The van der Waals surface area contributed by atoms with Crippen LogP contribution in [0.25, 0.3) is 0 Å². The van der Waals surface area contributed by atoms with Crippen molar-refractivity contribution in [2.45, 2.75) is 15.9 Å². The predicted molar refractivity (Wildman–Crippen MR) is 102 cm³/mol. The molecule has 1 atom stereocenters. The SMILES string of the molecule is OC(COc1ccccc1)CN1c2ccccc2Sc2ccccc21. The molecule has 4 rings (SSSR count). The fourth-order valence-corrected chi connectivity index (χ4v) is 4.05. The molecule has 0 bridgehead atoms. The fraction of sp³-hybridized carbons (Fsp3) is 0.143. The summed E-state index contributed by atoms with van der Waals surface area (Å²) in [5, 5.41) is 10.5. The van der Waals surface area contributed by atoms with Crippen molar-refractivity contribution in [2.75, 3.05) is 18.1 Å². The molecule has 126 valence electrons. The Morgan fingerprint density at radius 1 is 0.800 bits per heavy atom. The minimum Gasteiger partial charge on any atom is -0.491 e. The lowest BCUT2D eigenvalue weighted by molar-refractivity contribution is 0.114. The van der Waals surface area contributed by atoms with Gasteiger partial charge in [0.25, 0.3) is 0 Å². The topological polar surface area (TPSA) is 32.7 Å². The first-order chi connectivity index (χ1) is 12.3. The van der Waals surface area contributed by atoms with Gasteiger partial charge < -0.3 is 14.7 Å². The van der Waals surface area contributed by atoms with E-state index in [0.29, 0.717) is 6.54 Å². The average molecular weight is 349 g/mol. The zero-order valence-corrected chi connectivity index (χ0v) is 14.5. The number of hydrogen-bond donors (Lipinski definition) is 1. The highest BCUT2D eigenvalue weighted by atomic mass is 32.2. The van der Waals surface area contributed by atoms with Crippen LogP contribution in [0.4, 0.5) is 11.4 Å². The lowest BCUT2D eigenvalue weighted by Gasteiger charge is -2.34. The van der Waals surface area contributed by atoms with Gasteiger partial charge >= 0.3 is 0 Å². The molecule has 1 unspecified atom stereocenters. The van der Waals surface area contributed by atoms with Gasteiger partial charge in [0.1, 0.15) is 18.5 Å². The standard InChI is InChI=1S/C21H19NO2S/c23-16(15-24-17-8-2-1-3-9-17)14-22-18-10-4-6-12-20(18)25-21-13-7-5-11-19(21)22/h1-13,16,23H,14-15H2. The maximum atomic E-state index is 10.5. The van der Waals surface area contributed by atoms with E-state index in [4.69, 9.17) is 4.74 Å². The van der Waals surface area contributed by atoms with Crippen LogP contribution >= 0.6 is 11.8 Å². The highest BCUT2D eigenvalue weighted by Crippen LogP contribution is 2.47. The molecule has 0 spiro atoms. The Morgan fingerprint density at radius 2 is 1.36 bits per heavy atom. The number of benzene rings is 3. The summed E-state index contributed by atoms with van der Waals surface area (Å²) in [6.45, 7) is 0.749. The van der Waals surface area contributed by atoms with Gasteiger partial charge in [0.15, 0.2) is 0 Å². The number of rotatable bonds is 5. The largest absolute Gasteiger partial charge is 0.491 e. The van der Waals surface area contributed by atoms with Gasteiger partial charge in [-0.25, -0.2) is 0 Å². The Balaban J connectivity index is 1.53.